The van der Waals surface area contributed by atoms with Crippen LogP contribution in [-0.2, 0) is 13.6 Å². The molecule has 4 nitrogen and oxygen atoms in total. The van der Waals surface area contributed by atoms with Gasteiger partial charge in [0.25, 0.3) is 0 Å². The van der Waals surface area contributed by atoms with Crippen LogP contribution in [0.25, 0.3) is 11.0 Å². The third-order valence-corrected chi connectivity index (χ3v) is 7.17. The first-order valence-corrected chi connectivity index (χ1v) is 10.6. The Bertz CT molecular complexity index is 1090. The molecule has 2 aromatic carbocycles. The van der Waals surface area contributed by atoms with Crippen LogP contribution in [0, 0.1) is 11.8 Å². The second-order valence-corrected chi connectivity index (χ2v) is 9.08. The fourth-order valence-electron chi connectivity index (χ4n) is 5.11. The second-order valence-electron chi connectivity index (χ2n) is 8.20. The first kappa shape index (κ1) is 20.8. The van der Waals surface area contributed by atoms with E-state index in [2.05, 4.69) is 17.0 Å². The van der Waals surface area contributed by atoms with E-state index < -0.39 is 0 Å². The predicted octanol–water partition coefficient (Wildman–Crippen LogP) is 4.80. The van der Waals surface area contributed by atoms with E-state index in [0.29, 0.717) is 17.5 Å². The molecule has 1 aromatic heterocycles. The highest BCUT2D eigenvalue weighted by molar-refractivity contribution is 6.31. The Morgan fingerprint density at radius 3 is 2.45 bits per heavy atom. The summed E-state index contributed by atoms with van der Waals surface area (Å²) in [6.07, 6.45) is 1.26. The third kappa shape index (κ3) is 3.61. The molecule has 2 heterocycles. The van der Waals surface area contributed by atoms with Gasteiger partial charge in [0.05, 0.1) is 11.0 Å². The first-order chi connectivity index (χ1) is 13.5. The fourth-order valence-corrected chi connectivity index (χ4v) is 5.41. The number of imidazole rings is 1. The van der Waals surface area contributed by atoms with Crippen molar-refractivity contribution in [3.63, 3.8) is 0 Å². The minimum Gasteiger partial charge on any atom is -0.301 e. The molecule has 29 heavy (non-hydrogen) atoms. The number of hydrogen-bond acceptors (Lipinski definition) is 2. The molecule has 3 aromatic rings. The Kier molecular flexibility index (Phi) is 5.73. The molecule has 2 aliphatic rings. The van der Waals surface area contributed by atoms with Crippen molar-refractivity contribution in [2.75, 3.05) is 19.6 Å². The van der Waals surface area contributed by atoms with E-state index in [1.54, 1.807) is 4.57 Å². The van der Waals surface area contributed by atoms with Crippen LogP contribution in [0.4, 0.5) is 0 Å². The van der Waals surface area contributed by atoms with E-state index in [1.807, 2.05) is 41.9 Å². The number of rotatable bonds is 4. The van der Waals surface area contributed by atoms with Crippen LogP contribution < -0.4 is 5.69 Å². The van der Waals surface area contributed by atoms with Gasteiger partial charge in [-0.05, 0) is 60.1 Å². The van der Waals surface area contributed by atoms with E-state index in [9.17, 15) is 4.79 Å². The molecule has 7 heteroatoms. The third-order valence-electron chi connectivity index (χ3n) is 6.69. The normalized spacial score (nSPS) is 23.6. The van der Waals surface area contributed by atoms with Crippen molar-refractivity contribution < 1.29 is 0 Å². The number of aromatic nitrogens is 2. The molecule has 1 saturated heterocycles. The molecule has 2 fully saturated rings. The summed E-state index contributed by atoms with van der Waals surface area (Å²) in [5, 5.41) is 1.46. The van der Waals surface area contributed by atoms with E-state index >= 15 is 0 Å². The van der Waals surface area contributed by atoms with Crippen LogP contribution in [0.15, 0.2) is 47.3 Å². The van der Waals surface area contributed by atoms with Crippen molar-refractivity contribution in [2.24, 2.45) is 18.9 Å². The summed E-state index contributed by atoms with van der Waals surface area (Å²) < 4.78 is 3.56. The molecular formula is C22H24Cl3N3O. The number of halogens is 3. The Morgan fingerprint density at radius 1 is 0.966 bits per heavy atom. The largest absolute Gasteiger partial charge is 0.328 e. The van der Waals surface area contributed by atoms with Crippen LogP contribution >= 0.6 is 35.6 Å². The minimum absolute atomic E-state index is 0. The van der Waals surface area contributed by atoms with Gasteiger partial charge in [0.2, 0.25) is 0 Å². The highest BCUT2D eigenvalue weighted by Crippen LogP contribution is 2.51. The lowest BCUT2D eigenvalue weighted by atomic mass is 9.64. The number of hydrogen-bond donors (Lipinski definition) is 0. The van der Waals surface area contributed by atoms with Gasteiger partial charge in [-0.2, -0.15) is 0 Å². The summed E-state index contributed by atoms with van der Waals surface area (Å²) in [4.78, 5) is 15.2. The second kappa shape index (κ2) is 7.99. The zero-order valence-corrected chi connectivity index (χ0v) is 18.6. The molecule has 0 unspecified atom stereocenters. The van der Waals surface area contributed by atoms with Crippen LogP contribution in [0.1, 0.15) is 17.9 Å². The van der Waals surface area contributed by atoms with Crippen molar-refractivity contribution in [3.8, 4) is 0 Å². The SMILES string of the molecule is Cl.Cn1c(=O)n(CCN2C[C@H]3C[C@H](c4ccc(Cl)cc4)[C@H]3C2)c2ccc(Cl)cc21. The molecular weight excluding hydrogens is 429 g/mol. The predicted molar refractivity (Wildman–Crippen MR) is 122 cm³/mol. The van der Waals surface area contributed by atoms with Gasteiger partial charge in [-0.1, -0.05) is 35.3 Å². The average molecular weight is 453 g/mol. The summed E-state index contributed by atoms with van der Waals surface area (Å²) in [6, 6.07) is 14.0. The lowest BCUT2D eigenvalue weighted by Crippen LogP contribution is -2.33. The Morgan fingerprint density at radius 2 is 1.69 bits per heavy atom. The molecule has 0 radical (unpaired) electrons. The molecule has 1 aliphatic heterocycles. The number of aryl methyl sites for hydroxylation is 1. The Hall–Kier alpha value is -1.46. The number of likely N-dealkylation sites (tertiary alicyclic amines) is 1. The minimum atomic E-state index is 0. The van der Waals surface area contributed by atoms with Gasteiger partial charge < -0.3 is 4.90 Å². The van der Waals surface area contributed by atoms with Crippen molar-refractivity contribution in [1.82, 2.24) is 14.0 Å². The molecule has 0 bridgehead atoms. The van der Waals surface area contributed by atoms with Gasteiger partial charge >= 0.3 is 5.69 Å². The highest BCUT2D eigenvalue weighted by atomic mass is 35.5. The zero-order chi connectivity index (χ0) is 19.4. The molecule has 154 valence electrons. The summed E-state index contributed by atoms with van der Waals surface area (Å²) >= 11 is 12.1. The lowest BCUT2D eigenvalue weighted by Gasteiger charge is -2.40. The number of benzene rings is 2. The van der Waals surface area contributed by atoms with Gasteiger partial charge in [0.1, 0.15) is 0 Å². The van der Waals surface area contributed by atoms with Crippen LogP contribution in [0.2, 0.25) is 10.0 Å². The van der Waals surface area contributed by atoms with Crippen molar-refractivity contribution >= 4 is 46.6 Å². The van der Waals surface area contributed by atoms with E-state index in [0.717, 1.165) is 47.5 Å². The smallest absolute Gasteiger partial charge is 0.301 e. The average Bonchev–Trinajstić information content (AvgIpc) is 3.11. The van der Waals surface area contributed by atoms with Crippen molar-refractivity contribution in [2.45, 2.75) is 18.9 Å². The highest BCUT2D eigenvalue weighted by Gasteiger charge is 2.47. The summed E-state index contributed by atoms with van der Waals surface area (Å²) in [5.74, 6) is 2.16. The van der Waals surface area contributed by atoms with Gasteiger partial charge in [-0.25, -0.2) is 4.79 Å². The van der Waals surface area contributed by atoms with Crippen LogP contribution in [0.3, 0.4) is 0 Å². The van der Waals surface area contributed by atoms with Gasteiger partial charge in [0.15, 0.2) is 0 Å². The van der Waals surface area contributed by atoms with E-state index in [4.69, 9.17) is 23.2 Å². The molecule has 0 amide bonds. The standard InChI is InChI=1S/C22H23Cl2N3O.ClH/c1-25-21-11-17(24)6-7-20(21)27(22(25)28)9-8-26-12-15-10-18(19(15)13-26)14-2-4-16(23)5-3-14;/h2-7,11,15,18-19H,8-10,12-13H2,1H3;1H/t15-,18-,19+;/m1./s1. The topological polar surface area (TPSA) is 30.2 Å². The lowest BCUT2D eigenvalue weighted by molar-refractivity contribution is 0.191. The van der Waals surface area contributed by atoms with Crippen LogP contribution in [0.5, 0.6) is 0 Å². The molecule has 5 rings (SSSR count). The molecule has 1 aliphatic carbocycles. The maximum Gasteiger partial charge on any atom is 0.328 e. The molecule has 0 N–H and O–H groups in total. The molecule has 3 atom stereocenters. The maximum atomic E-state index is 12.7. The number of fused-ring (bicyclic) bond motifs is 2. The summed E-state index contributed by atoms with van der Waals surface area (Å²) in [5.41, 5.74) is 3.29. The summed E-state index contributed by atoms with van der Waals surface area (Å²) in [6.45, 7) is 3.87. The van der Waals surface area contributed by atoms with Crippen LogP contribution in [-0.4, -0.2) is 33.7 Å². The monoisotopic (exact) mass is 451 g/mol. The van der Waals surface area contributed by atoms with Crippen molar-refractivity contribution in [3.05, 3.63) is 68.6 Å². The zero-order valence-electron chi connectivity index (χ0n) is 16.2. The quantitative estimate of drug-likeness (QED) is 0.569. The molecule has 0 spiro atoms. The molecule has 1 saturated carbocycles. The van der Waals surface area contributed by atoms with Gasteiger partial charge in [0, 0.05) is 43.3 Å². The summed E-state index contributed by atoms with van der Waals surface area (Å²) in [7, 11) is 1.81. The van der Waals surface area contributed by atoms with Gasteiger partial charge in [-0.15, -0.1) is 12.4 Å². The van der Waals surface area contributed by atoms with Gasteiger partial charge in [-0.3, -0.25) is 9.13 Å². The number of nitrogens with zero attached hydrogens (tertiary/aromatic N) is 3. The fraction of sp³-hybridized carbons (Fsp3) is 0.409. The Labute approximate surface area is 186 Å². The van der Waals surface area contributed by atoms with E-state index in [-0.39, 0.29) is 18.1 Å². The first-order valence-electron chi connectivity index (χ1n) is 9.84. The van der Waals surface area contributed by atoms with E-state index in [1.165, 1.54) is 12.0 Å². The Balaban J connectivity index is 0.00000205. The maximum absolute atomic E-state index is 12.7. The van der Waals surface area contributed by atoms with Crippen molar-refractivity contribution in [1.29, 1.82) is 0 Å².